The molecule has 1 amide bonds. The van der Waals surface area contributed by atoms with Crippen LogP contribution in [0.25, 0.3) is 5.69 Å². The van der Waals surface area contributed by atoms with Crippen LogP contribution in [0.1, 0.15) is 38.4 Å². The summed E-state index contributed by atoms with van der Waals surface area (Å²) < 4.78 is 2.12. The minimum Gasteiger partial charge on any atom is -0.318 e. The molecule has 0 aliphatic carbocycles. The van der Waals surface area contributed by atoms with Gasteiger partial charge in [0.15, 0.2) is 0 Å². The summed E-state index contributed by atoms with van der Waals surface area (Å²) in [5, 5.41) is 4.87. The van der Waals surface area contributed by atoms with Gasteiger partial charge in [0.25, 0.3) is 5.91 Å². The number of nitrogens with zero attached hydrogens (tertiary/aromatic N) is 2. The number of amides is 1. The first-order chi connectivity index (χ1) is 12.9. The third kappa shape index (κ3) is 3.96. The van der Waals surface area contributed by atoms with E-state index < -0.39 is 0 Å². The predicted octanol–water partition coefficient (Wildman–Crippen LogP) is 5.13. The maximum Gasteiger partial charge on any atom is 0.271 e. The Balaban J connectivity index is 1.82. The lowest BCUT2D eigenvalue weighted by atomic mass is 10.1. The Morgan fingerprint density at radius 1 is 1.04 bits per heavy atom. The highest BCUT2D eigenvalue weighted by molar-refractivity contribution is 6.31. The van der Waals surface area contributed by atoms with Crippen molar-refractivity contribution in [3.63, 3.8) is 0 Å². The average molecular weight is 380 g/mol. The number of carbonyl (C=O) groups excluding carboxylic acids is 1. The van der Waals surface area contributed by atoms with Crippen LogP contribution >= 0.6 is 11.6 Å². The maximum absolute atomic E-state index is 12.3. The van der Waals surface area contributed by atoms with E-state index in [9.17, 15) is 4.79 Å². The van der Waals surface area contributed by atoms with Gasteiger partial charge in [-0.3, -0.25) is 4.79 Å². The van der Waals surface area contributed by atoms with E-state index in [-0.39, 0.29) is 5.91 Å². The molecule has 0 fully saturated rings. The van der Waals surface area contributed by atoms with Crippen molar-refractivity contribution in [1.29, 1.82) is 0 Å². The lowest BCUT2D eigenvalue weighted by molar-refractivity contribution is 0.0954. The fourth-order valence-corrected chi connectivity index (χ4v) is 3.26. The van der Waals surface area contributed by atoms with E-state index in [0.717, 1.165) is 38.8 Å². The second-order valence-electron chi connectivity index (χ2n) is 6.61. The Morgan fingerprint density at radius 2 is 1.78 bits per heavy atom. The Morgan fingerprint density at radius 3 is 2.48 bits per heavy atom. The van der Waals surface area contributed by atoms with Crippen LogP contribution in [0.2, 0.25) is 5.02 Å². The second kappa shape index (κ2) is 7.80. The van der Waals surface area contributed by atoms with Crippen molar-refractivity contribution in [2.24, 2.45) is 5.10 Å². The first kappa shape index (κ1) is 18.9. The molecule has 0 aliphatic heterocycles. The minimum atomic E-state index is -0.219. The monoisotopic (exact) mass is 379 g/mol. The smallest absolute Gasteiger partial charge is 0.271 e. The molecule has 27 heavy (non-hydrogen) atoms. The molecule has 0 radical (unpaired) electrons. The lowest BCUT2D eigenvalue weighted by Gasteiger charge is -2.11. The highest BCUT2D eigenvalue weighted by Gasteiger charge is 2.11. The zero-order valence-electron chi connectivity index (χ0n) is 15.9. The van der Waals surface area contributed by atoms with Crippen LogP contribution in [0.5, 0.6) is 0 Å². The molecular formula is C22H22ClN3O. The van der Waals surface area contributed by atoms with Crippen molar-refractivity contribution in [2.45, 2.75) is 27.7 Å². The van der Waals surface area contributed by atoms with Crippen molar-refractivity contribution in [2.75, 3.05) is 0 Å². The summed E-state index contributed by atoms with van der Waals surface area (Å²) in [6.45, 7) is 7.94. The molecule has 0 atom stereocenters. The van der Waals surface area contributed by atoms with Gasteiger partial charge in [-0.15, -0.1) is 0 Å². The number of aromatic nitrogens is 1. The summed E-state index contributed by atoms with van der Waals surface area (Å²) in [4.78, 5) is 12.3. The molecule has 0 spiro atoms. The highest BCUT2D eigenvalue weighted by Crippen LogP contribution is 2.24. The summed E-state index contributed by atoms with van der Waals surface area (Å²) in [6.07, 6.45) is 1.67. The van der Waals surface area contributed by atoms with Gasteiger partial charge in [0.1, 0.15) is 0 Å². The molecule has 0 unspecified atom stereocenters. The molecule has 3 rings (SSSR count). The first-order valence-corrected chi connectivity index (χ1v) is 9.11. The van der Waals surface area contributed by atoms with Gasteiger partial charge in [0.05, 0.1) is 6.21 Å². The van der Waals surface area contributed by atoms with Gasteiger partial charge in [-0.25, -0.2) is 5.43 Å². The normalized spacial score (nSPS) is 11.1. The number of benzene rings is 2. The van der Waals surface area contributed by atoms with Crippen LogP contribution in [0.4, 0.5) is 0 Å². The van der Waals surface area contributed by atoms with Crippen LogP contribution in [0, 0.1) is 27.7 Å². The largest absolute Gasteiger partial charge is 0.318 e. The van der Waals surface area contributed by atoms with E-state index in [2.05, 4.69) is 15.1 Å². The van der Waals surface area contributed by atoms with Crippen LogP contribution in [0.3, 0.4) is 0 Å². The van der Waals surface area contributed by atoms with Crippen molar-refractivity contribution in [1.82, 2.24) is 9.99 Å². The van der Waals surface area contributed by atoms with E-state index in [4.69, 9.17) is 11.6 Å². The minimum absolute atomic E-state index is 0.219. The fourth-order valence-electron chi connectivity index (χ4n) is 3.08. The van der Waals surface area contributed by atoms with E-state index >= 15 is 0 Å². The number of hydrogen-bond donors (Lipinski definition) is 1. The van der Waals surface area contributed by atoms with Crippen molar-refractivity contribution < 1.29 is 4.79 Å². The van der Waals surface area contributed by atoms with Crippen molar-refractivity contribution >= 4 is 23.7 Å². The highest BCUT2D eigenvalue weighted by atomic mass is 35.5. The van der Waals surface area contributed by atoms with Crippen LogP contribution in [0.15, 0.2) is 53.6 Å². The molecule has 0 bridgehead atoms. The molecule has 1 N–H and O–H groups in total. The first-order valence-electron chi connectivity index (χ1n) is 8.73. The van der Waals surface area contributed by atoms with Crippen LogP contribution < -0.4 is 5.43 Å². The Kier molecular flexibility index (Phi) is 5.47. The predicted molar refractivity (Wildman–Crippen MR) is 111 cm³/mol. The van der Waals surface area contributed by atoms with Gasteiger partial charge in [0.2, 0.25) is 0 Å². The zero-order valence-corrected chi connectivity index (χ0v) is 16.6. The van der Waals surface area contributed by atoms with E-state index in [1.165, 1.54) is 0 Å². The number of aryl methyl sites for hydroxylation is 3. The molecule has 3 aromatic rings. The topological polar surface area (TPSA) is 46.4 Å². The summed E-state index contributed by atoms with van der Waals surface area (Å²) in [5.41, 5.74) is 9.22. The van der Waals surface area contributed by atoms with E-state index in [1.54, 1.807) is 12.3 Å². The van der Waals surface area contributed by atoms with Crippen molar-refractivity contribution in [3.8, 4) is 5.69 Å². The number of rotatable bonds is 4. The average Bonchev–Trinajstić information content (AvgIpc) is 2.91. The number of hydrazone groups is 1. The molecule has 5 heteroatoms. The summed E-state index contributed by atoms with van der Waals surface area (Å²) in [7, 11) is 0. The Labute approximate surface area is 164 Å². The van der Waals surface area contributed by atoms with Gasteiger partial charge in [-0.1, -0.05) is 35.9 Å². The summed E-state index contributed by atoms with van der Waals surface area (Å²) >= 11 is 6.28. The molecule has 2 aromatic carbocycles. The number of nitrogens with one attached hydrogen (secondary N) is 1. The third-order valence-corrected chi connectivity index (χ3v) is 5.05. The van der Waals surface area contributed by atoms with Gasteiger partial charge in [-0.2, -0.15) is 5.10 Å². The van der Waals surface area contributed by atoms with Crippen LogP contribution in [-0.4, -0.2) is 16.7 Å². The lowest BCUT2D eigenvalue weighted by Crippen LogP contribution is -2.18. The van der Waals surface area contributed by atoms with Crippen LogP contribution in [-0.2, 0) is 0 Å². The molecule has 0 saturated carbocycles. The van der Waals surface area contributed by atoms with Gasteiger partial charge >= 0.3 is 0 Å². The van der Waals surface area contributed by atoms with Gasteiger partial charge < -0.3 is 4.57 Å². The second-order valence-corrected chi connectivity index (χ2v) is 7.02. The summed E-state index contributed by atoms with van der Waals surface area (Å²) in [6, 6.07) is 15.5. The Bertz CT molecular complexity index is 1030. The third-order valence-electron chi connectivity index (χ3n) is 4.64. The van der Waals surface area contributed by atoms with E-state index in [0.29, 0.717) is 5.56 Å². The Hall–Kier alpha value is -2.85. The number of carbonyl (C=O) groups is 1. The molecule has 0 saturated heterocycles. The molecule has 1 heterocycles. The van der Waals surface area contributed by atoms with Crippen molar-refractivity contribution in [3.05, 3.63) is 87.2 Å². The number of hydrogen-bond acceptors (Lipinski definition) is 2. The SMILES string of the molecule is Cc1ccc(-n2c(C)cc(/C=N\NC(=O)c3ccccc3C)c2C)cc1Cl. The molecule has 1 aromatic heterocycles. The maximum atomic E-state index is 12.3. The standard InChI is InChI=1S/C22H22ClN3O/c1-14-7-5-6-8-20(14)22(27)25-24-13-18-11-16(3)26(17(18)4)19-10-9-15(2)21(23)12-19/h5-13H,1-4H3,(H,25,27)/b24-13-. The molecule has 138 valence electrons. The number of halogens is 1. The summed E-state index contributed by atoms with van der Waals surface area (Å²) in [5.74, 6) is -0.219. The van der Waals surface area contributed by atoms with Gasteiger partial charge in [-0.05, 0) is 63.1 Å². The fraction of sp³-hybridized carbons (Fsp3) is 0.182. The molecule has 0 aliphatic rings. The van der Waals surface area contributed by atoms with Gasteiger partial charge in [0, 0.05) is 33.2 Å². The van der Waals surface area contributed by atoms with E-state index in [1.807, 2.05) is 70.2 Å². The molecule has 4 nitrogen and oxygen atoms in total. The zero-order chi connectivity index (χ0) is 19.6. The quantitative estimate of drug-likeness (QED) is 0.495. The molecular weight excluding hydrogens is 358 g/mol.